The molecule has 1 amide bonds. The van der Waals surface area contributed by atoms with Crippen LogP contribution in [0.25, 0.3) is 0 Å². The molecule has 2 aliphatic rings. The summed E-state index contributed by atoms with van der Waals surface area (Å²) in [6, 6.07) is 1.77. The third-order valence-electron chi connectivity index (χ3n) is 5.23. The van der Waals surface area contributed by atoms with Gasteiger partial charge in [-0.3, -0.25) is 10.3 Å². The quantitative estimate of drug-likeness (QED) is 0.601. The molecule has 0 unspecified atom stereocenters. The van der Waals surface area contributed by atoms with Crippen LogP contribution in [0.15, 0.2) is 21.7 Å². The number of ether oxygens (including phenoxy) is 2. The summed E-state index contributed by atoms with van der Waals surface area (Å²) in [6.07, 6.45) is 1.10. The minimum Gasteiger partial charge on any atom is -0.477 e. The normalized spacial score (nSPS) is 27.4. The maximum absolute atomic E-state index is 13.6. The fourth-order valence-electron chi connectivity index (χ4n) is 3.65. The second-order valence-electron chi connectivity index (χ2n) is 8.92. The van der Waals surface area contributed by atoms with Crippen molar-refractivity contribution in [3.8, 4) is 5.88 Å². The van der Waals surface area contributed by atoms with Crippen LogP contribution in [-0.2, 0) is 20.1 Å². The molecule has 2 atom stereocenters. The highest BCUT2D eigenvalue weighted by Crippen LogP contribution is 2.48. The van der Waals surface area contributed by atoms with Crippen LogP contribution < -0.4 is 10.1 Å². The lowest BCUT2D eigenvalue weighted by Gasteiger charge is -2.44. The molecular formula is C19H26BrN3O5S. The molecule has 0 saturated carbocycles. The molecule has 0 saturated heterocycles. The van der Waals surface area contributed by atoms with Crippen LogP contribution in [0.3, 0.4) is 0 Å². The van der Waals surface area contributed by atoms with Crippen LogP contribution in [0.1, 0.15) is 53.5 Å². The molecule has 3 rings (SSSR count). The van der Waals surface area contributed by atoms with Crippen LogP contribution in [-0.4, -0.2) is 47.5 Å². The van der Waals surface area contributed by atoms with Crippen LogP contribution in [0.5, 0.6) is 5.88 Å². The Hall–Kier alpha value is -1.68. The van der Waals surface area contributed by atoms with Crippen molar-refractivity contribution in [1.82, 2.24) is 10.3 Å². The third-order valence-corrected chi connectivity index (χ3v) is 8.72. The molecule has 160 valence electrons. The first-order valence-electron chi connectivity index (χ1n) is 9.31. The summed E-state index contributed by atoms with van der Waals surface area (Å²) < 4.78 is 37.6. The fourth-order valence-corrected chi connectivity index (χ4v) is 6.25. The van der Waals surface area contributed by atoms with E-state index in [0.717, 1.165) is 0 Å². The summed E-state index contributed by atoms with van der Waals surface area (Å²) in [5.41, 5.74) is -1.36. The Morgan fingerprint density at radius 3 is 2.62 bits per heavy atom. The van der Waals surface area contributed by atoms with Crippen molar-refractivity contribution in [2.75, 3.05) is 6.61 Å². The number of pyridine rings is 1. The van der Waals surface area contributed by atoms with Gasteiger partial charge < -0.3 is 9.47 Å². The van der Waals surface area contributed by atoms with E-state index in [4.69, 9.17) is 14.5 Å². The predicted molar refractivity (Wildman–Crippen MR) is 113 cm³/mol. The molecule has 1 aromatic rings. The second-order valence-corrected chi connectivity index (χ2v) is 12.5. The Labute approximate surface area is 179 Å². The highest BCUT2D eigenvalue weighted by Gasteiger charge is 2.58. The van der Waals surface area contributed by atoms with Crippen LogP contribution in [0, 0.1) is 0 Å². The van der Waals surface area contributed by atoms with Crippen molar-refractivity contribution in [3.05, 3.63) is 22.3 Å². The Morgan fingerprint density at radius 1 is 1.34 bits per heavy atom. The minimum absolute atomic E-state index is 0.0401. The summed E-state index contributed by atoms with van der Waals surface area (Å²) in [5.74, 6) is 0.381. The standard InChI is InChI=1S/C19H26BrN3O5S/c1-17(2,3)28-16(24)22-15-18(4,5)29(25,26)13-7-8-27-14-12(19(13,6)23-15)9-11(20)10-21-14/h9-10,13H,7-8H2,1-6H3,(H,22,23,24)/t13-,19-/m1/s1. The third kappa shape index (κ3) is 3.76. The number of amides is 1. The van der Waals surface area contributed by atoms with Gasteiger partial charge in [0.15, 0.2) is 9.84 Å². The summed E-state index contributed by atoms with van der Waals surface area (Å²) in [5, 5.41) is 1.75. The zero-order valence-corrected chi connectivity index (χ0v) is 19.8. The summed E-state index contributed by atoms with van der Waals surface area (Å²) in [7, 11) is -3.76. The predicted octanol–water partition coefficient (Wildman–Crippen LogP) is 3.34. The highest BCUT2D eigenvalue weighted by molar-refractivity contribution is 9.10. The molecule has 8 nitrogen and oxygen atoms in total. The van der Waals surface area contributed by atoms with Crippen molar-refractivity contribution in [3.63, 3.8) is 0 Å². The Balaban J connectivity index is 2.18. The van der Waals surface area contributed by atoms with Crippen molar-refractivity contribution >= 4 is 37.7 Å². The largest absolute Gasteiger partial charge is 0.477 e. The van der Waals surface area contributed by atoms with Gasteiger partial charge in [-0.2, -0.15) is 0 Å². The number of carbonyl (C=O) groups excluding carboxylic acids is 1. The molecule has 0 radical (unpaired) electrons. The topological polar surface area (TPSA) is 107 Å². The minimum atomic E-state index is -3.76. The first-order chi connectivity index (χ1) is 13.2. The fraction of sp³-hybridized carbons (Fsp3) is 0.632. The molecule has 1 aromatic heterocycles. The van der Waals surface area contributed by atoms with E-state index in [1.54, 1.807) is 53.8 Å². The number of hydrogen-bond donors (Lipinski definition) is 1. The van der Waals surface area contributed by atoms with Crippen LogP contribution >= 0.6 is 15.9 Å². The Bertz CT molecular complexity index is 984. The maximum Gasteiger partial charge on any atom is 0.413 e. The average molecular weight is 488 g/mol. The number of nitrogens with one attached hydrogen (secondary N) is 1. The van der Waals surface area contributed by atoms with Gasteiger partial charge in [0.2, 0.25) is 5.88 Å². The van der Waals surface area contributed by atoms with Crippen molar-refractivity contribution in [2.45, 2.75) is 69.1 Å². The van der Waals surface area contributed by atoms with Gasteiger partial charge >= 0.3 is 6.09 Å². The lowest BCUT2D eigenvalue weighted by Crippen LogP contribution is -2.61. The number of rotatable bonds is 0. The van der Waals surface area contributed by atoms with Gasteiger partial charge in [0, 0.05) is 22.7 Å². The van der Waals surface area contributed by atoms with E-state index in [9.17, 15) is 13.2 Å². The van der Waals surface area contributed by atoms with Gasteiger partial charge in [-0.15, -0.1) is 0 Å². The van der Waals surface area contributed by atoms with E-state index in [2.05, 4.69) is 26.2 Å². The molecule has 1 N–H and O–H groups in total. The highest BCUT2D eigenvalue weighted by atomic mass is 79.9. The number of hydrogen-bond acceptors (Lipinski definition) is 7. The van der Waals surface area contributed by atoms with Gasteiger partial charge in [0.05, 0.1) is 11.9 Å². The van der Waals surface area contributed by atoms with Gasteiger partial charge in [0.1, 0.15) is 21.7 Å². The Kier molecular flexibility index (Phi) is 5.27. The molecule has 29 heavy (non-hydrogen) atoms. The maximum atomic E-state index is 13.6. The van der Waals surface area contributed by atoms with E-state index in [0.29, 0.717) is 15.9 Å². The number of nitrogens with zero attached hydrogens (tertiary/aromatic N) is 2. The zero-order chi connectivity index (χ0) is 21.8. The first kappa shape index (κ1) is 22.0. The summed E-state index contributed by atoms with van der Waals surface area (Å²) in [6.45, 7) is 10.2. The number of aromatic nitrogens is 1. The molecule has 0 aromatic carbocycles. The van der Waals surface area contributed by atoms with E-state index in [1.165, 1.54) is 0 Å². The van der Waals surface area contributed by atoms with Crippen molar-refractivity contribution < 1.29 is 22.7 Å². The van der Waals surface area contributed by atoms with Gasteiger partial charge in [0.25, 0.3) is 0 Å². The summed E-state index contributed by atoms with van der Waals surface area (Å²) in [4.78, 5) is 21.5. The average Bonchev–Trinajstić information content (AvgIpc) is 2.69. The zero-order valence-electron chi connectivity index (χ0n) is 17.4. The van der Waals surface area contributed by atoms with E-state index >= 15 is 0 Å². The molecule has 10 heteroatoms. The Morgan fingerprint density at radius 2 is 2.00 bits per heavy atom. The number of sulfone groups is 1. The lowest BCUT2D eigenvalue weighted by atomic mass is 9.87. The van der Waals surface area contributed by atoms with Gasteiger partial charge in [-0.05, 0) is 63.5 Å². The molecule has 0 spiro atoms. The number of aliphatic imine (C=N–C) groups is 1. The van der Waals surface area contributed by atoms with E-state index in [-0.39, 0.29) is 18.9 Å². The lowest BCUT2D eigenvalue weighted by molar-refractivity contribution is 0.0560. The molecule has 0 bridgehead atoms. The molecule has 0 fully saturated rings. The SMILES string of the molecule is CC(C)(C)OC(=O)NC1=N[C@]2(C)c3cc(Br)cnc3OCC[C@H]2S(=O)(=O)C1(C)C. The van der Waals surface area contributed by atoms with E-state index in [1.807, 2.05) is 0 Å². The number of amidine groups is 1. The van der Waals surface area contributed by atoms with E-state index < -0.39 is 37.1 Å². The number of carbonyl (C=O) groups is 1. The van der Waals surface area contributed by atoms with Gasteiger partial charge in [-0.1, -0.05) is 0 Å². The number of fused-ring (bicyclic) bond motifs is 3. The van der Waals surface area contributed by atoms with Crippen LogP contribution in [0.4, 0.5) is 4.79 Å². The van der Waals surface area contributed by atoms with Crippen molar-refractivity contribution in [2.24, 2.45) is 4.99 Å². The monoisotopic (exact) mass is 487 g/mol. The molecule has 0 aliphatic carbocycles. The van der Waals surface area contributed by atoms with Gasteiger partial charge in [-0.25, -0.2) is 18.2 Å². The molecule has 2 aliphatic heterocycles. The number of alkyl carbamates (subject to hydrolysis) is 1. The second kappa shape index (κ2) is 6.94. The van der Waals surface area contributed by atoms with Crippen LogP contribution in [0.2, 0.25) is 0 Å². The molecular weight excluding hydrogens is 462 g/mol. The molecule has 3 heterocycles. The smallest absolute Gasteiger partial charge is 0.413 e. The first-order valence-corrected chi connectivity index (χ1v) is 11.6. The summed E-state index contributed by atoms with van der Waals surface area (Å²) >= 11 is 3.39. The number of halogens is 1. The van der Waals surface area contributed by atoms with Crippen molar-refractivity contribution in [1.29, 1.82) is 0 Å².